The molecule has 112 valence electrons. The predicted octanol–water partition coefficient (Wildman–Crippen LogP) is 1.47. The smallest absolute Gasteiger partial charge is 0.191 e. The van der Waals surface area contributed by atoms with Gasteiger partial charge in [-0.05, 0) is 38.1 Å². The SMILES string of the molecule is CCN1CCCC1CNC(=NC)NCCc1ccco1. The van der Waals surface area contributed by atoms with Crippen molar-refractivity contribution in [3.8, 4) is 0 Å². The molecule has 1 atom stereocenters. The van der Waals surface area contributed by atoms with Gasteiger partial charge in [-0.25, -0.2) is 0 Å². The summed E-state index contributed by atoms with van der Waals surface area (Å²) in [4.78, 5) is 6.79. The number of nitrogens with zero attached hydrogens (tertiary/aromatic N) is 2. The summed E-state index contributed by atoms with van der Waals surface area (Å²) in [7, 11) is 1.81. The summed E-state index contributed by atoms with van der Waals surface area (Å²) in [5.41, 5.74) is 0. The number of hydrogen-bond donors (Lipinski definition) is 2. The molecular formula is C15H26N4O. The maximum atomic E-state index is 5.31. The molecule has 5 nitrogen and oxygen atoms in total. The maximum Gasteiger partial charge on any atom is 0.191 e. The number of nitrogens with one attached hydrogen (secondary N) is 2. The molecule has 1 fully saturated rings. The van der Waals surface area contributed by atoms with Crippen molar-refractivity contribution in [3.63, 3.8) is 0 Å². The van der Waals surface area contributed by atoms with Crippen LogP contribution in [-0.2, 0) is 6.42 Å². The monoisotopic (exact) mass is 278 g/mol. The van der Waals surface area contributed by atoms with Crippen LogP contribution in [0, 0.1) is 0 Å². The quantitative estimate of drug-likeness (QED) is 0.611. The fraction of sp³-hybridized carbons (Fsp3) is 0.667. The first-order valence-corrected chi connectivity index (χ1v) is 7.54. The number of likely N-dealkylation sites (tertiary alicyclic amines) is 1. The Labute approximate surface area is 121 Å². The third-order valence-corrected chi connectivity index (χ3v) is 3.88. The van der Waals surface area contributed by atoms with E-state index in [1.165, 1.54) is 19.4 Å². The molecule has 1 aliphatic rings. The highest BCUT2D eigenvalue weighted by Gasteiger charge is 2.22. The van der Waals surface area contributed by atoms with Crippen LogP contribution >= 0.6 is 0 Å². The number of aliphatic imine (C=N–C) groups is 1. The lowest BCUT2D eigenvalue weighted by Gasteiger charge is -2.23. The fourth-order valence-corrected chi connectivity index (χ4v) is 2.74. The maximum absolute atomic E-state index is 5.31. The van der Waals surface area contributed by atoms with Gasteiger partial charge >= 0.3 is 0 Å². The van der Waals surface area contributed by atoms with E-state index in [9.17, 15) is 0 Å². The van der Waals surface area contributed by atoms with Gasteiger partial charge in [-0.1, -0.05) is 6.92 Å². The molecule has 0 aliphatic carbocycles. The molecule has 5 heteroatoms. The van der Waals surface area contributed by atoms with Gasteiger partial charge in [-0.15, -0.1) is 0 Å². The minimum Gasteiger partial charge on any atom is -0.469 e. The van der Waals surface area contributed by atoms with Crippen LogP contribution < -0.4 is 10.6 Å². The Morgan fingerprint density at radius 3 is 3.10 bits per heavy atom. The van der Waals surface area contributed by atoms with Gasteiger partial charge in [0, 0.05) is 32.6 Å². The van der Waals surface area contributed by atoms with Crippen LogP contribution in [0.15, 0.2) is 27.8 Å². The van der Waals surface area contributed by atoms with Crippen LogP contribution in [0.25, 0.3) is 0 Å². The first-order chi connectivity index (χ1) is 9.83. The van der Waals surface area contributed by atoms with Gasteiger partial charge in [-0.3, -0.25) is 9.89 Å². The van der Waals surface area contributed by atoms with E-state index in [-0.39, 0.29) is 0 Å². The van der Waals surface area contributed by atoms with E-state index in [4.69, 9.17) is 4.42 Å². The van der Waals surface area contributed by atoms with E-state index in [0.717, 1.165) is 37.8 Å². The zero-order valence-corrected chi connectivity index (χ0v) is 12.6. The molecule has 20 heavy (non-hydrogen) atoms. The predicted molar refractivity (Wildman–Crippen MR) is 82.0 cm³/mol. The van der Waals surface area contributed by atoms with Gasteiger partial charge in [-0.2, -0.15) is 0 Å². The van der Waals surface area contributed by atoms with Crippen molar-refractivity contribution in [1.82, 2.24) is 15.5 Å². The molecule has 1 aliphatic heterocycles. The standard InChI is InChI=1S/C15H26N4O/c1-3-19-10-4-6-13(19)12-18-15(16-2)17-9-8-14-7-5-11-20-14/h5,7,11,13H,3-4,6,8-10,12H2,1-2H3,(H2,16,17,18). The van der Waals surface area contributed by atoms with Crippen molar-refractivity contribution in [2.75, 3.05) is 33.2 Å². The lowest BCUT2D eigenvalue weighted by Crippen LogP contribution is -2.45. The van der Waals surface area contributed by atoms with Crippen molar-refractivity contribution >= 4 is 5.96 Å². The summed E-state index contributed by atoms with van der Waals surface area (Å²) in [6, 6.07) is 4.56. The Kier molecular flexibility index (Phi) is 5.92. The minimum absolute atomic E-state index is 0.642. The summed E-state index contributed by atoms with van der Waals surface area (Å²) in [5, 5.41) is 6.75. The Bertz CT molecular complexity index is 402. The zero-order valence-electron chi connectivity index (χ0n) is 12.6. The van der Waals surface area contributed by atoms with Crippen molar-refractivity contribution in [2.24, 2.45) is 4.99 Å². The van der Waals surface area contributed by atoms with Crippen molar-refractivity contribution in [2.45, 2.75) is 32.2 Å². The molecule has 2 heterocycles. The normalized spacial score (nSPS) is 20.3. The largest absolute Gasteiger partial charge is 0.469 e. The number of furan rings is 1. The number of likely N-dealkylation sites (N-methyl/N-ethyl adjacent to an activating group) is 1. The minimum atomic E-state index is 0.642. The van der Waals surface area contributed by atoms with Crippen molar-refractivity contribution in [1.29, 1.82) is 0 Å². The van der Waals surface area contributed by atoms with Crippen LogP contribution in [0.5, 0.6) is 0 Å². The summed E-state index contributed by atoms with van der Waals surface area (Å²) < 4.78 is 5.31. The third-order valence-electron chi connectivity index (χ3n) is 3.88. The topological polar surface area (TPSA) is 52.8 Å². The molecule has 0 spiro atoms. The third kappa shape index (κ3) is 4.27. The van der Waals surface area contributed by atoms with E-state index in [2.05, 4.69) is 27.4 Å². The highest BCUT2D eigenvalue weighted by molar-refractivity contribution is 5.79. The Morgan fingerprint density at radius 2 is 2.40 bits per heavy atom. The molecule has 2 rings (SSSR count). The second kappa shape index (κ2) is 7.94. The Hall–Kier alpha value is -1.49. The Morgan fingerprint density at radius 1 is 1.50 bits per heavy atom. The van der Waals surface area contributed by atoms with Gasteiger partial charge < -0.3 is 15.1 Å². The molecule has 1 unspecified atom stereocenters. The molecule has 0 amide bonds. The molecule has 0 bridgehead atoms. The van der Waals surface area contributed by atoms with E-state index in [1.54, 1.807) is 6.26 Å². The summed E-state index contributed by atoms with van der Waals surface area (Å²) in [6.07, 6.45) is 5.18. The van der Waals surface area contributed by atoms with Crippen LogP contribution in [0.3, 0.4) is 0 Å². The lowest BCUT2D eigenvalue weighted by atomic mass is 10.2. The molecule has 0 radical (unpaired) electrons. The van der Waals surface area contributed by atoms with Crippen LogP contribution in [0.2, 0.25) is 0 Å². The zero-order chi connectivity index (χ0) is 14.2. The molecule has 1 saturated heterocycles. The second-order valence-electron chi connectivity index (χ2n) is 5.13. The summed E-state index contributed by atoms with van der Waals surface area (Å²) in [5.74, 6) is 1.88. The van der Waals surface area contributed by atoms with Gasteiger partial charge in [0.25, 0.3) is 0 Å². The first kappa shape index (κ1) is 14.9. The highest BCUT2D eigenvalue weighted by atomic mass is 16.3. The molecule has 0 aromatic carbocycles. The van der Waals surface area contributed by atoms with Gasteiger partial charge in [0.2, 0.25) is 0 Å². The number of rotatable bonds is 6. The first-order valence-electron chi connectivity index (χ1n) is 7.54. The fourth-order valence-electron chi connectivity index (χ4n) is 2.74. The molecular weight excluding hydrogens is 252 g/mol. The highest BCUT2D eigenvalue weighted by Crippen LogP contribution is 2.15. The molecule has 1 aromatic rings. The second-order valence-corrected chi connectivity index (χ2v) is 5.13. The van der Waals surface area contributed by atoms with E-state index >= 15 is 0 Å². The van der Waals surface area contributed by atoms with Crippen molar-refractivity contribution in [3.05, 3.63) is 24.2 Å². The molecule has 2 N–H and O–H groups in total. The molecule has 0 saturated carbocycles. The summed E-state index contributed by atoms with van der Waals surface area (Å²) >= 11 is 0. The van der Waals surface area contributed by atoms with Gasteiger partial charge in [0.15, 0.2) is 5.96 Å². The average molecular weight is 278 g/mol. The van der Waals surface area contributed by atoms with Crippen LogP contribution in [0.4, 0.5) is 0 Å². The average Bonchev–Trinajstić information content (AvgIpc) is 3.13. The van der Waals surface area contributed by atoms with E-state index in [0.29, 0.717) is 6.04 Å². The van der Waals surface area contributed by atoms with Crippen molar-refractivity contribution < 1.29 is 4.42 Å². The number of hydrogen-bond acceptors (Lipinski definition) is 3. The van der Waals surface area contributed by atoms with E-state index in [1.807, 2.05) is 19.2 Å². The van der Waals surface area contributed by atoms with Gasteiger partial charge in [0.1, 0.15) is 5.76 Å². The lowest BCUT2D eigenvalue weighted by molar-refractivity contribution is 0.267. The van der Waals surface area contributed by atoms with Crippen LogP contribution in [0.1, 0.15) is 25.5 Å². The molecule has 1 aromatic heterocycles. The van der Waals surface area contributed by atoms with Gasteiger partial charge in [0.05, 0.1) is 6.26 Å². The van der Waals surface area contributed by atoms with E-state index < -0.39 is 0 Å². The summed E-state index contributed by atoms with van der Waals surface area (Å²) in [6.45, 7) is 6.39. The number of guanidine groups is 1. The van der Waals surface area contributed by atoms with Crippen LogP contribution in [-0.4, -0.2) is 50.1 Å². The Balaban J connectivity index is 1.67.